The Morgan fingerprint density at radius 3 is 2.38 bits per heavy atom. The molecule has 0 atom stereocenters. The van der Waals surface area contributed by atoms with E-state index in [-0.39, 0.29) is 5.41 Å². The molecule has 0 radical (unpaired) electrons. The molecule has 1 aliphatic rings. The largest absolute Gasteiger partial charge is 0.330 e. The van der Waals surface area contributed by atoms with Crippen molar-refractivity contribution in [3.05, 3.63) is 33.3 Å². The maximum Gasteiger partial charge on any atom is 0.0207 e. The second kappa shape index (κ2) is 4.50. The van der Waals surface area contributed by atoms with E-state index in [1.54, 1.807) is 0 Å². The molecule has 88 valence electrons. The molecule has 0 bridgehead atoms. The molecule has 1 fully saturated rings. The Morgan fingerprint density at radius 2 is 1.81 bits per heavy atom. The maximum absolute atomic E-state index is 6.05. The van der Waals surface area contributed by atoms with Crippen LogP contribution in [-0.2, 0) is 5.41 Å². The van der Waals surface area contributed by atoms with Crippen molar-refractivity contribution in [3.63, 3.8) is 0 Å². The molecule has 0 spiro atoms. The van der Waals surface area contributed by atoms with Crippen molar-refractivity contribution in [1.82, 2.24) is 0 Å². The molecule has 1 aromatic rings. The van der Waals surface area contributed by atoms with Crippen LogP contribution in [0.2, 0.25) is 0 Å². The number of nitrogens with two attached hydrogens (primary N) is 1. The van der Waals surface area contributed by atoms with Crippen molar-refractivity contribution in [3.8, 4) is 0 Å². The third-order valence-electron chi connectivity index (χ3n) is 4.24. The van der Waals surface area contributed by atoms with E-state index in [0.29, 0.717) is 0 Å². The van der Waals surface area contributed by atoms with Gasteiger partial charge in [-0.1, -0.05) is 34.8 Å². The monoisotopic (exact) mass is 281 g/mol. The number of halogens is 1. The molecule has 0 heterocycles. The van der Waals surface area contributed by atoms with Gasteiger partial charge in [0.05, 0.1) is 0 Å². The highest BCUT2D eigenvalue weighted by Crippen LogP contribution is 2.42. The molecule has 1 aromatic carbocycles. The Kier molecular flexibility index (Phi) is 3.41. The zero-order chi connectivity index (χ0) is 11.8. The van der Waals surface area contributed by atoms with E-state index in [4.69, 9.17) is 5.73 Å². The fourth-order valence-corrected chi connectivity index (χ4v) is 3.43. The summed E-state index contributed by atoms with van der Waals surface area (Å²) in [4.78, 5) is 0. The van der Waals surface area contributed by atoms with Gasteiger partial charge in [-0.05, 0) is 49.4 Å². The first kappa shape index (κ1) is 12.1. The molecular formula is C14H20BrN. The average molecular weight is 282 g/mol. The summed E-state index contributed by atoms with van der Waals surface area (Å²) in [6.45, 7) is 5.20. The van der Waals surface area contributed by atoms with Gasteiger partial charge >= 0.3 is 0 Å². The van der Waals surface area contributed by atoms with Crippen LogP contribution in [0.1, 0.15) is 42.4 Å². The van der Waals surface area contributed by atoms with Gasteiger partial charge in [-0.25, -0.2) is 0 Å². The zero-order valence-corrected chi connectivity index (χ0v) is 11.7. The highest BCUT2D eigenvalue weighted by atomic mass is 79.9. The van der Waals surface area contributed by atoms with E-state index in [9.17, 15) is 0 Å². The van der Waals surface area contributed by atoms with E-state index in [0.717, 1.165) is 6.54 Å². The minimum atomic E-state index is 0.259. The molecule has 2 rings (SSSR count). The predicted molar refractivity (Wildman–Crippen MR) is 72.8 cm³/mol. The van der Waals surface area contributed by atoms with Gasteiger partial charge in [0.25, 0.3) is 0 Å². The van der Waals surface area contributed by atoms with Crippen molar-refractivity contribution in [1.29, 1.82) is 0 Å². The molecule has 1 saturated carbocycles. The molecule has 1 nitrogen and oxygen atoms in total. The molecule has 2 N–H and O–H groups in total. The molecule has 1 aliphatic carbocycles. The SMILES string of the molecule is Cc1c(Br)ccc(C2(CN)CCCC2)c1C. The molecule has 0 saturated heterocycles. The first-order valence-corrected chi connectivity index (χ1v) is 6.86. The highest BCUT2D eigenvalue weighted by molar-refractivity contribution is 9.10. The van der Waals surface area contributed by atoms with E-state index in [1.807, 2.05) is 0 Å². The van der Waals surface area contributed by atoms with Crippen molar-refractivity contribution in [2.75, 3.05) is 6.54 Å². The van der Waals surface area contributed by atoms with Crippen LogP contribution in [0, 0.1) is 13.8 Å². The summed E-state index contributed by atoms with van der Waals surface area (Å²) in [7, 11) is 0. The third kappa shape index (κ3) is 1.82. The summed E-state index contributed by atoms with van der Waals surface area (Å²) < 4.78 is 1.21. The summed E-state index contributed by atoms with van der Waals surface area (Å²) in [5.41, 5.74) is 10.6. The number of hydrogen-bond donors (Lipinski definition) is 1. The van der Waals surface area contributed by atoms with Crippen LogP contribution >= 0.6 is 15.9 Å². The molecule has 16 heavy (non-hydrogen) atoms. The van der Waals surface area contributed by atoms with E-state index >= 15 is 0 Å². The number of benzene rings is 1. The van der Waals surface area contributed by atoms with Crippen LogP contribution in [0.4, 0.5) is 0 Å². The minimum Gasteiger partial charge on any atom is -0.330 e. The molecule has 0 aliphatic heterocycles. The Labute approximate surface area is 107 Å². The van der Waals surface area contributed by atoms with E-state index < -0.39 is 0 Å². The summed E-state index contributed by atoms with van der Waals surface area (Å²) >= 11 is 3.60. The van der Waals surface area contributed by atoms with E-state index in [1.165, 1.54) is 46.8 Å². The van der Waals surface area contributed by atoms with Crippen LogP contribution in [0.15, 0.2) is 16.6 Å². The molecule has 2 heteroatoms. The zero-order valence-electron chi connectivity index (χ0n) is 10.1. The Bertz CT molecular complexity index is 392. The van der Waals surface area contributed by atoms with Gasteiger partial charge in [0, 0.05) is 16.4 Å². The Balaban J connectivity index is 2.51. The molecule has 0 unspecified atom stereocenters. The molecule has 0 aromatic heterocycles. The lowest BCUT2D eigenvalue weighted by atomic mass is 9.76. The topological polar surface area (TPSA) is 26.0 Å². The van der Waals surface area contributed by atoms with Gasteiger partial charge in [0.1, 0.15) is 0 Å². The normalized spacial score (nSPS) is 19.0. The van der Waals surface area contributed by atoms with Gasteiger partial charge in [-0.15, -0.1) is 0 Å². The third-order valence-corrected chi connectivity index (χ3v) is 5.10. The fourth-order valence-electron chi connectivity index (χ4n) is 3.00. The quantitative estimate of drug-likeness (QED) is 0.876. The Morgan fingerprint density at radius 1 is 1.19 bits per heavy atom. The lowest BCUT2D eigenvalue weighted by molar-refractivity contribution is 0.450. The smallest absolute Gasteiger partial charge is 0.0207 e. The second-order valence-corrected chi connectivity index (χ2v) is 5.89. The summed E-state index contributed by atoms with van der Waals surface area (Å²) in [6.07, 6.45) is 5.16. The maximum atomic E-state index is 6.05. The van der Waals surface area contributed by atoms with Gasteiger partial charge in [-0.3, -0.25) is 0 Å². The van der Waals surface area contributed by atoms with Crippen molar-refractivity contribution < 1.29 is 0 Å². The average Bonchev–Trinajstić information content (AvgIpc) is 2.76. The van der Waals surface area contributed by atoms with Crippen molar-refractivity contribution >= 4 is 15.9 Å². The lowest BCUT2D eigenvalue weighted by Crippen LogP contribution is -2.33. The van der Waals surface area contributed by atoms with Gasteiger partial charge < -0.3 is 5.73 Å². The van der Waals surface area contributed by atoms with Crippen molar-refractivity contribution in [2.45, 2.75) is 44.9 Å². The highest BCUT2D eigenvalue weighted by Gasteiger charge is 2.35. The summed E-state index contributed by atoms with van der Waals surface area (Å²) in [5.74, 6) is 0. The van der Waals surface area contributed by atoms with Crippen LogP contribution in [0.5, 0.6) is 0 Å². The molecular weight excluding hydrogens is 262 g/mol. The predicted octanol–water partition coefficient (Wildman–Crippen LogP) is 3.84. The number of hydrogen-bond acceptors (Lipinski definition) is 1. The minimum absolute atomic E-state index is 0.259. The first-order chi connectivity index (χ1) is 7.60. The fraction of sp³-hybridized carbons (Fsp3) is 0.571. The van der Waals surface area contributed by atoms with Crippen LogP contribution < -0.4 is 5.73 Å². The van der Waals surface area contributed by atoms with Gasteiger partial charge in [-0.2, -0.15) is 0 Å². The van der Waals surface area contributed by atoms with Crippen LogP contribution in [0.25, 0.3) is 0 Å². The van der Waals surface area contributed by atoms with Crippen LogP contribution in [-0.4, -0.2) is 6.54 Å². The van der Waals surface area contributed by atoms with Gasteiger partial charge in [0.2, 0.25) is 0 Å². The van der Waals surface area contributed by atoms with Crippen molar-refractivity contribution in [2.24, 2.45) is 5.73 Å². The summed E-state index contributed by atoms with van der Waals surface area (Å²) in [6, 6.07) is 4.44. The van der Waals surface area contributed by atoms with E-state index in [2.05, 4.69) is 41.9 Å². The summed E-state index contributed by atoms with van der Waals surface area (Å²) in [5, 5.41) is 0. The Hall–Kier alpha value is -0.340. The van der Waals surface area contributed by atoms with Gasteiger partial charge in [0.15, 0.2) is 0 Å². The lowest BCUT2D eigenvalue weighted by Gasteiger charge is -2.30. The van der Waals surface area contributed by atoms with Crippen LogP contribution in [0.3, 0.4) is 0 Å². The number of rotatable bonds is 2. The molecule has 0 amide bonds. The first-order valence-electron chi connectivity index (χ1n) is 6.07. The standard InChI is InChI=1S/C14H20BrN/c1-10-11(2)13(15)6-5-12(10)14(9-16)7-3-4-8-14/h5-6H,3-4,7-9,16H2,1-2H3. The second-order valence-electron chi connectivity index (χ2n) is 5.04.